The summed E-state index contributed by atoms with van der Waals surface area (Å²) < 4.78 is 37.2. The van der Waals surface area contributed by atoms with Gasteiger partial charge in [-0.05, 0) is 25.1 Å². The first kappa shape index (κ1) is 14.1. The van der Waals surface area contributed by atoms with Crippen molar-refractivity contribution in [3.63, 3.8) is 0 Å². The Kier molecular flexibility index (Phi) is 3.47. The lowest BCUT2D eigenvalue weighted by Crippen LogP contribution is -2.11. The van der Waals surface area contributed by atoms with Crippen molar-refractivity contribution in [2.45, 2.75) is 11.1 Å². The average molecular weight is 346 g/mol. The maximum Gasteiger partial charge on any atom is 0.330 e. The maximum absolute atomic E-state index is 12.1. The van der Waals surface area contributed by atoms with Gasteiger partial charge in [0.1, 0.15) is 9.97 Å². The van der Waals surface area contributed by atoms with Crippen LogP contribution in [0.15, 0.2) is 37.5 Å². The van der Waals surface area contributed by atoms with Gasteiger partial charge in [0, 0.05) is 0 Å². The Morgan fingerprint density at radius 2 is 2.10 bits per heavy atom. The summed E-state index contributed by atoms with van der Waals surface area (Å²) in [5.41, 5.74) is 0.604. The maximum atomic E-state index is 12.1. The van der Waals surface area contributed by atoms with Crippen LogP contribution < -0.4 is 4.72 Å². The van der Waals surface area contributed by atoms with Crippen molar-refractivity contribution < 1.29 is 17.3 Å². The number of furan rings is 1. The van der Waals surface area contributed by atoms with Gasteiger partial charge < -0.3 is 8.83 Å². The number of sulfonamides is 1. The topological polar surface area (TPSA) is 98.2 Å². The molecule has 0 aliphatic rings. The molecular weight excluding hydrogens is 338 g/mol. The minimum absolute atomic E-state index is 0.0618. The highest BCUT2D eigenvalue weighted by Crippen LogP contribution is 2.28. The Morgan fingerprint density at radius 1 is 1.29 bits per heavy atom. The largest absolute Gasteiger partial charge is 0.469 e. The number of aryl methyl sites for hydroxylation is 1. The zero-order valence-corrected chi connectivity index (χ0v) is 12.9. The van der Waals surface area contributed by atoms with Gasteiger partial charge in [-0.15, -0.1) is 16.4 Å². The van der Waals surface area contributed by atoms with Crippen LogP contribution in [0.2, 0.25) is 4.34 Å². The van der Waals surface area contributed by atoms with Crippen molar-refractivity contribution in [1.82, 2.24) is 10.2 Å². The zero-order valence-electron chi connectivity index (χ0n) is 10.5. The summed E-state index contributed by atoms with van der Waals surface area (Å²) in [6.07, 6.45) is 1.48. The third-order valence-electron chi connectivity index (χ3n) is 2.55. The molecule has 0 bridgehead atoms. The molecule has 0 radical (unpaired) electrons. The molecule has 3 aromatic heterocycles. The molecule has 0 spiro atoms. The number of aromatic nitrogens is 2. The lowest BCUT2D eigenvalue weighted by atomic mass is 10.3. The van der Waals surface area contributed by atoms with Crippen LogP contribution >= 0.6 is 22.9 Å². The summed E-state index contributed by atoms with van der Waals surface area (Å²) >= 11 is 6.65. The highest BCUT2D eigenvalue weighted by atomic mass is 35.5. The summed E-state index contributed by atoms with van der Waals surface area (Å²) in [5, 5.41) is 7.43. The van der Waals surface area contributed by atoms with Gasteiger partial charge in [0.25, 0.3) is 15.9 Å². The molecule has 3 heterocycles. The number of nitrogens with one attached hydrogen (secondary N) is 1. The minimum atomic E-state index is -3.79. The Hall–Kier alpha value is -1.84. The smallest absolute Gasteiger partial charge is 0.330 e. The van der Waals surface area contributed by atoms with Crippen molar-refractivity contribution in [2.24, 2.45) is 0 Å². The first-order chi connectivity index (χ1) is 9.95. The van der Waals surface area contributed by atoms with Crippen molar-refractivity contribution in [2.75, 3.05) is 4.72 Å². The molecular formula is C11H8ClN3O4S2. The van der Waals surface area contributed by atoms with Crippen molar-refractivity contribution in [1.29, 1.82) is 0 Å². The summed E-state index contributed by atoms with van der Waals surface area (Å²) in [4.78, 5) is 0. The lowest BCUT2D eigenvalue weighted by molar-refractivity contribution is 0.531. The Labute approximate surface area is 128 Å². The van der Waals surface area contributed by atoms with Crippen molar-refractivity contribution in [3.05, 3.63) is 34.6 Å². The molecule has 10 heteroatoms. The molecule has 0 aliphatic carbocycles. The monoisotopic (exact) mass is 345 g/mol. The first-order valence-corrected chi connectivity index (χ1v) is 8.29. The number of hydrogen-bond acceptors (Lipinski definition) is 7. The first-order valence-electron chi connectivity index (χ1n) is 5.62. The molecule has 0 atom stereocenters. The molecule has 110 valence electrons. The van der Waals surface area contributed by atoms with Crippen molar-refractivity contribution >= 4 is 39.0 Å². The van der Waals surface area contributed by atoms with Crippen LogP contribution in [0.3, 0.4) is 0 Å². The van der Waals surface area contributed by atoms with Crippen LogP contribution in [0.25, 0.3) is 11.5 Å². The second kappa shape index (κ2) is 5.17. The molecule has 0 fully saturated rings. The average Bonchev–Trinajstić information content (AvgIpc) is 3.10. The summed E-state index contributed by atoms with van der Waals surface area (Å²) in [5.74, 6) is 0.765. The number of nitrogens with zero attached hydrogens (tertiary/aromatic N) is 2. The molecule has 0 aliphatic heterocycles. The van der Waals surface area contributed by atoms with Crippen LogP contribution in [0.1, 0.15) is 5.76 Å². The van der Waals surface area contributed by atoms with Gasteiger partial charge in [-0.1, -0.05) is 16.7 Å². The number of halogens is 1. The second-order valence-corrected chi connectivity index (χ2v) is 7.59. The van der Waals surface area contributed by atoms with Gasteiger partial charge in [-0.2, -0.15) is 0 Å². The summed E-state index contributed by atoms with van der Waals surface area (Å²) in [6.45, 7) is 1.73. The quantitative estimate of drug-likeness (QED) is 0.779. The molecule has 0 saturated heterocycles. The summed E-state index contributed by atoms with van der Waals surface area (Å²) in [7, 11) is -3.79. The zero-order chi connectivity index (χ0) is 15.0. The molecule has 21 heavy (non-hydrogen) atoms. The molecule has 0 saturated carbocycles. The third kappa shape index (κ3) is 2.80. The lowest BCUT2D eigenvalue weighted by Gasteiger charge is -1.99. The van der Waals surface area contributed by atoms with Gasteiger partial charge in [-0.3, -0.25) is 0 Å². The molecule has 3 rings (SSSR count). The number of rotatable bonds is 4. The van der Waals surface area contributed by atoms with Crippen LogP contribution in [-0.4, -0.2) is 18.6 Å². The van der Waals surface area contributed by atoms with E-state index in [1.165, 1.54) is 18.4 Å². The SMILES string of the molecule is Cc1occc1-c1nnc(NS(=O)(=O)c2ccc(Cl)s2)o1. The standard InChI is InChI=1S/C11H8ClN3O4S2/c1-6-7(4-5-18-6)10-13-14-11(19-10)15-21(16,17)9-3-2-8(12)20-9/h2-5H,1H3,(H,14,15). The Bertz CT molecular complexity index is 881. The van der Waals surface area contributed by atoms with Gasteiger partial charge in [0.2, 0.25) is 0 Å². The molecule has 0 aromatic carbocycles. The van der Waals surface area contributed by atoms with E-state index in [2.05, 4.69) is 14.9 Å². The predicted molar refractivity (Wildman–Crippen MR) is 76.9 cm³/mol. The fraction of sp³-hybridized carbons (Fsp3) is 0.0909. The minimum Gasteiger partial charge on any atom is -0.469 e. The van der Waals surface area contributed by atoms with Crippen molar-refractivity contribution in [3.8, 4) is 11.5 Å². The Balaban J connectivity index is 1.86. The fourth-order valence-corrected chi connectivity index (χ4v) is 3.99. The highest BCUT2D eigenvalue weighted by molar-refractivity contribution is 7.94. The molecule has 0 unspecified atom stereocenters. The van der Waals surface area contributed by atoms with E-state index in [1.54, 1.807) is 13.0 Å². The van der Waals surface area contributed by atoms with Gasteiger partial charge in [-0.25, -0.2) is 13.1 Å². The van der Waals surface area contributed by atoms with E-state index in [0.29, 0.717) is 15.7 Å². The highest BCUT2D eigenvalue weighted by Gasteiger charge is 2.21. The van der Waals surface area contributed by atoms with E-state index in [9.17, 15) is 8.42 Å². The molecule has 3 aromatic rings. The molecule has 7 nitrogen and oxygen atoms in total. The van der Waals surface area contributed by atoms with Gasteiger partial charge in [0.15, 0.2) is 0 Å². The second-order valence-electron chi connectivity index (χ2n) is 3.97. The number of anilines is 1. The Morgan fingerprint density at radius 3 is 2.71 bits per heavy atom. The predicted octanol–water partition coefficient (Wildman–Crippen LogP) is 3.15. The van der Waals surface area contributed by atoms with Crippen LogP contribution in [0, 0.1) is 6.92 Å². The van der Waals surface area contributed by atoms with Crippen LogP contribution in [-0.2, 0) is 10.0 Å². The van der Waals surface area contributed by atoms with E-state index < -0.39 is 10.0 Å². The fourth-order valence-electron chi connectivity index (χ4n) is 1.59. The number of hydrogen-bond donors (Lipinski definition) is 1. The van der Waals surface area contributed by atoms with E-state index in [1.807, 2.05) is 0 Å². The summed E-state index contributed by atoms with van der Waals surface area (Å²) in [6, 6.07) is 4.32. The van der Waals surface area contributed by atoms with E-state index in [0.717, 1.165) is 11.3 Å². The normalized spacial score (nSPS) is 11.7. The third-order valence-corrected chi connectivity index (χ3v) is 5.59. The van der Waals surface area contributed by atoms with E-state index in [-0.39, 0.29) is 16.1 Å². The molecule has 0 amide bonds. The van der Waals surface area contributed by atoms with Gasteiger partial charge in [0.05, 0.1) is 16.2 Å². The van der Waals surface area contributed by atoms with Gasteiger partial charge >= 0.3 is 6.01 Å². The molecule has 1 N–H and O–H groups in total. The van der Waals surface area contributed by atoms with Crippen LogP contribution in [0.5, 0.6) is 0 Å². The van der Waals surface area contributed by atoms with E-state index >= 15 is 0 Å². The van der Waals surface area contributed by atoms with E-state index in [4.69, 9.17) is 20.4 Å². The number of thiophene rings is 1. The van der Waals surface area contributed by atoms with Crippen LogP contribution in [0.4, 0.5) is 6.01 Å².